The zero-order chi connectivity index (χ0) is 23.3. The van der Waals surface area contributed by atoms with Crippen LogP contribution in [0.3, 0.4) is 0 Å². The Balaban J connectivity index is 1.57. The number of nitrogens with zero attached hydrogens (tertiary/aromatic N) is 4. The van der Waals surface area contributed by atoms with Crippen molar-refractivity contribution in [3.8, 4) is 0 Å². The zero-order valence-electron chi connectivity index (χ0n) is 19.2. The molecule has 0 radical (unpaired) electrons. The number of anilines is 1. The molecule has 3 fully saturated rings. The quantitative estimate of drug-likeness (QED) is 0.606. The highest BCUT2D eigenvalue weighted by Crippen LogP contribution is 2.38. The summed E-state index contributed by atoms with van der Waals surface area (Å²) < 4.78 is 28.7. The molecule has 1 aromatic carbocycles. The SMILES string of the molecule is Cc1nc(N[C@H](C)c2cccc(C(F)F)c2C)c2cn(C34CCN(CC3)CC4)c(=O)cc2n1. The largest absolute Gasteiger partial charge is 0.363 e. The molecule has 33 heavy (non-hydrogen) atoms. The van der Waals surface area contributed by atoms with Crippen LogP contribution in [0.5, 0.6) is 0 Å². The summed E-state index contributed by atoms with van der Waals surface area (Å²) in [4.78, 5) is 24.7. The van der Waals surface area contributed by atoms with Crippen LogP contribution in [0.15, 0.2) is 35.3 Å². The third-order valence-electron chi connectivity index (χ3n) is 7.51. The van der Waals surface area contributed by atoms with Gasteiger partial charge in [0, 0.05) is 37.5 Å². The van der Waals surface area contributed by atoms with Gasteiger partial charge in [-0.1, -0.05) is 18.2 Å². The molecule has 0 aliphatic carbocycles. The lowest BCUT2D eigenvalue weighted by molar-refractivity contribution is 0.0329. The number of hydrogen-bond acceptors (Lipinski definition) is 5. The van der Waals surface area contributed by atoms with Gasteiger partial charge >= 0.3 is 0 Å². The number of pyridine rings is 1. The molecule has 8 heteroatoms. The number of nitrogens with one attached hydrogen (secondary N) is 1. The molecule has 3 aliphatic rings. The van der Waals surface area contributed by atoms with Gasteiger partial charge < -0.3 is 14.8 Å². The fraction of sp³-hybridized carbons (Fsp3) is 0.480. The Labute approximate surface area is 191 Å². The van der Waals surface area contributed by atoms with Gasteiger partial charge in [0.15, 0.2) is 0 Å². The van der Waals surface area contributed by atoms with Gasteiger partial charge in [-0.15, -0.1) is 0 Å². The number of aromatic nitrogens is 3. The lowest BCUT2D eigenvalue weighted by Gasteiger charge is -2.49. The highest BCUT2D eigenvalue weighted by atomic mass is 19.3. The second kappa shape index (κ2) is 8.17. The summed E-state index contributed by atoms with van der Waals surface area (Å²) in [7, 11) is 0. The van der Waals surface area contributed by atoms with Crippen LogP contribution in [0.1, 0.15) is 61.2 Å². The lowest BCUT2D eigenvalue weighted by Crippen LogP contribution is -2.55. The summed E-state index contributed by atoms with van der Waals surface area (Å²) in [5.74, 6) is 1.17. The van der Waals surface area contributed by atoms with E-state index in [1.54, 1.807) is 26.0 Å². The van der Waals surface area contributed by atoms with Gasteiger partial charge in [-0.2, -0.15) is 0 Å². The molecule has 6 nitrogen and oxygen atoms in total. The van der Waals surface area contributed by atoms with Crippen LogP contribution in [-0.4, -0.2) is 39.1 Å². The molecule has 6 rings (SSSR count). The minimum Gasteiger partial charge on any atom is -0.363 e. The van der Waals surface area contributed by atoms with E-state index in [1.165, 1.54) is 6.07 Å². The van der Waals surface area contributed by atoms with E-state index >= 15 is 0 Å². The smallest absolute Gasteiger partial charge is 0.264 e. The molecular weight excluding hydrogens is 424 g/mol. The van der Waals surface area contributed by atoms with E-state index in [-0.39, 0.29) is 22.7 Å². The molecule has 0 saturated carbocycles. The molecule has 174 valence electrons. The molecule has 3 saturated heterocycles. The molecule has 0 spiro atoms. The number of benzene rings is 1. The normalized spacial score (nSPS) is 23.3. The van der Waals surface area contributed by atoms with Gasteiger partial charge in [0.05, 0.1) is 22.5 Å². The van der Waals surface area contributed by atoms with Crippen molar-refractivity contribution >= 4 is 16.7 Å². The Morgan fingerprint density at radius 2 is 1.73 bits per heavy atom. The van der Waals surface area contributed by atoms with Gasteiger partial charge in [-0.05, 0) is 51.2 Å². The molecule has 3 aromatic rings. The summed E-state index contributed by atoms with van der Waals surface area (Å²) in [6, 6.07) is 6.35. The molecule has 3 aliphatic heterocycles. The highest BCUT2D eigenvalue weighted by Gasteiger charge is 2.41. The molecule has 2 aromatic heterocycles. The molecule has 2 bridgehead atoms. The number of fused-ring (bicyclic) bond motifs is 4. The average molecular weight is 454 g/mol. The fourth-order valence-corrected chi connectivity index (χ4v) is 5.53. The topological polar surface area (TPSA) is 63.1 Å². The Hall–Kier alpha value is -2.87. The molecular formula is C25H29F2N5O. The molecule has 1 atom stereocenters. The van der Waals surface area contributed by atoms with Gasteiger partial charge in [-0.3, -0.25) is 4.79 Å². The van der Waals surface area contributed by atoms with Crippen LogP contribution in [0.2, 0.25) is 0 Å². The van der Waals surface area contributed by atoms with Crippen molar-refractivity contribution in [2.45, 2.75) is 58.0 Å². The van der Waals surface area contributed by atoms with Crippen molar-refractivity contribution in [1.29, 1.82) is 0 Å². The number of halogens is 2. The van der Waals surface area contributed by atoms with E-state index in [4.69, 9.17) is 0 Å². The Morgan fingerprint density at radius 3 is 2.39 bits per heavy atom. The minimum atomic E-state index is -2.52. The second-order valence-corrected chi connectivity index (χ2v) is 9.44. The number of piperidine rings is 3. The Kier molecular flexibility index (Phi) is 5.43. The third kappa shape index (κ3) is 3.80. The van der Waals surface area contributed by atoms with Gasteiger partial charge in [-0.25, -0.2) is 18.7 Å². The van der Waals surface area contributed by atoms with E-state index in [0.29, 0.717) is 22.7 Å². The lowest BCUT2D eigenvalue weighted by atomic mass is 9.79. The predicted molar refractivity (Wildman–Crippen MR) is 125 cm³/mol. The zero-order valence-corrected chi connectivity index (χ0v) is 19.2. The first-order valence-electron chi connectivity index (χ1n) is 11.6. The molecule has 1 N–H and O–H groups in total. The number of rotatable bonds is 5. The maximum atomic E-state index is 13.4. The maximum absolute atomic E-state index is 13.4. The van der Waals surface area contributed by atoms with Gasteiger partial charge in [0.1, 0.15) is 11.6 Å². The Morgan fingerprint density at radius 1 is 1.06 bits per heavy atom. The van der Waals surface area contributed by atoms with E-state index in [0.717, 1.165) is 49.8 Å². The first-order valence-corrected chi connectivity index (χ1v) is 11.6. The van der Waals surface area contributed by atoms with Crippen LogP contribution in [-0.2, 0) is 5.54 Å². The van der Waals surface area contributed by atoms with Crippen LogP contribution in [0.4, 0.5) is 14.6 Å². The van der Waals surface area contributed by atoms with Gasteiger partial charge in [0.2, 0.25) is 0 Å². The monoisotopic (exact) mass is 453 g/mol. The van der Waals surface area contributed by atoms with Crippen molar-refractivity contribution in [3.63, 3.8) is 0 Å². The molecule has 0 amide bonds. The van der Waals surface area contributed by atoms with E-state index in [1.807, 2.05) is 23.8 Å². The van der Waals surface area contributed by atoms with Crippen molar-refractivity contribution in [3.05, 3.63) is 63.3 Å². The maximum Gasteiger partial charge on any atom is 0.264 e. The molecule has 0 unspecified atom stereocenters. The first kappa shape index (κ1) is 21.9. The Bertz CT molecular complexity index is 1250. The third-order valence-corrected chi connectivity index (χ3v) is 7.51. The van der Waals surface area contributed by atoms with Crippen molar-refractivity contribution < 1.29 is 8.78 Å². The second-order valence-electron chi connectivity index (χ2n) is 9.44. The average Bonchev–Trinajstić information content (AvgIpc) is 2.79. The minimum absolute atomic E-state index is 0.0320. The van der Waals surface area contributed by atoms with Crippen molar-refractivity contribution in [1.82, 2.24) is 19.4 Å². The van der Waals surface area contributed by atoms with Crippen LogP contribution in [0.25, 0.3) is 10.9 Å². The summed E-state index contributed by atoms with van der Waals surface area (Å²) in [6.45, 7) is 8.49. The van der Waals surface area contributed by atoms with Crippen molar-refractivity contribution in [2.24, 2.45) is 0 Å². The fourth-order valence-electron chi connectivity index (χ4n) is 5.53. The van der Waals surface area contributed by atoms with Crippen molar-refractivity contribution in [2.75, 3.05) is 25.0 Å². The summed E-state index contributed by atoms with van der Waals surface area (Å²) in [6.07, 6.45) is 2.28. The summed E-state index contributed by atoms with van der Waals surface area (Å²) >= 11 is 0. The highest BCUT2D eigenvalue weighted by molar-refractivity contribution is 5.88. The molecule has 5 heterocycles. The first-order chi connectivity index (χ1) is 15.8. The van der Waals surface area contributed by atoms with E-state index in [2.05, 4.69) is 20.2 Å². The summed E-state index contributed by atoms with van der Waals surface area (Å²) in [5, 5.41) is 4.19. The summed E-state index contributed by atoms with van der Waals surface area (Å²) in [5.41, 5.74) is 1.82. The van der Waals surface area contributed by atoms with Gasteiger partial charge in [0.25, 0.3) is 12.0 Å². The van der Waals surface area contributed by atoms with Crippen LogP contribution in [0, 0.1) is 13.8 Å². The standard InChI is InChI=1S/C25H29F2N5O/c1-15-18(5-4-6-19(15)23(26)27)16(2)28-24-20-14-32(22(33)13-21(20)29-17(3)30-24)25-7-10-31(11-8-25)12-9-25/h4-6,13-14,16,23H,7-12H2,1-3H3,(H,28,29,30)/t16-/m1/s1. The van der Waals surface area contributed by atoms with E-state index < -0.39 is 6.43 Å². The number of aryl methyl sites for hydroxylation is 1. The van der Waals surface area contributed by atoms with E-state index in [9.17, 15) is 13.6 Å². The van der Waals surface area contributed by atoms with Crippen LogP contribution >= 0.6 is 0 Å². The van der Waals surface area contributed by atoms with Crippen LogP contribution < -0.4 is 10.9 Å². The number of alkyl halides is 2. The predicted octanol–water partition coefficient (Wildman–Crippen LogP) is 4.71. The number of hydrogen-bond donors (Lipinski definition) is 1.